The lowest BCUT2D eigenvalue weighted by Gasteiger charge is -2.18. The second kappa shape index (κ2) is 3.68. The molecule has 2 atom stereocenters. The standard InChI is InChI=1S/C13H17N5/c1-17-8-16-12-11(17)2-3-15-13(12)18-6-9-4-14-5-10(9)7-18/h2-3,8-10,14H,4-7H2,1H3. The van der Waals surface area contributed by atoms with E-state index in [-0.39, 0.29) is 0 Å². The molecule has 2 aromatic heterocycles. The normalized spacial score (nSPS) is 27.1. The second-order valence-corrected chi connectivity index (χ2v) is 5.44. The van der Waals surface area contributed by atoms with Crippen molar-refractivity contribution in [3.63, 3.8) is 0 Å². The molecule has 18 heavy (non-hydrogen) atoms. The second-order valence-electron chi connectivity index (χ2n) is 5.44. The summed E-state index contributed by atoms with van der Waals surface area (Å²) in [6.07, 6.45) is 3.76. The van der Waals surface area contributed by atoms with E-state index in [1.165, 1.54) is 0 Å². The Labute approximate surface area is 106 Å². The van der Waals surface area contributed by atoms with Gasteiger partial charge in [-0.05, 0) is 17.9 Å². The van der Waals surface area contributed by atoms with Gasteiger partial charge in [0.2, 0.25) is 0 Å². The van der Waals surface area contributed by atoms with Crippen LogP contribution in [0.25, 0.3) is 11.0 Å². The molecule has 4 rings (SSSR count). The minimum atomic E-state index is 0.783. The molecule has 0 aromatic carbocycles. The number of hydrogen-bond acceptors (Lipinski definition) is 4. The number of rotatable bonds is 1. The number of nitrogens with zero attached hydrogens (tertiary/aromatic N) is 4. The topological polar surface area (TPSA) is 46.0 Å². The van der Waals surface area contributed by atoms with Gasteiger partial charge in [0.05, 0.1) is 11.8 Å². The van der Waals surface area contributed by atoms with Crippen LogP contribution in [0.2, 0.25) is 0 Å². The highest BCUT2D eigenvalue weighted by molar-refractivity contribution is 5.86. The summed E-state index contributed by atoms with van der Waals surface area (Å²) in [5, 5.41) is 3.47. The van der Waals surface area contributed by atoms with E-state index in [0.717, 1.165) is 54.9 Å². The summed E-state index contributed by atoms with van der Waals surface area (Å²) in [4.78, 5) is 11.5. The van der Waals surface area contributed by atoms with Gasteiger partial charge in [0.25, 0.3) is 0 Å². The van der Waals surface area contributed by atoms with Gasteiger partial charge in [0.15, 0.2) is 5.82 Å². The minimum absolute atomic E-state index is 0.783. The monoisotopic (exact) mass is 243 g/mol. The van der Waals surface area contributed by atoms with Crippen molar-refractivity contribution in [3.05, 3.63) is 18.6 Å². The molecule has 2 fully saturated rings. The molecule has 2 aromatic rings. The molecule has 94 valence electrons. The Kier molecular flexibility index (Phi) is 2.11. The molecule has 0 saturated carbocycles. The van der Waals surface area contributed by atoms with Crippen molar-refractivity contribution < 1.29 is 0 Å². The van der Waals surface area contributed by atoms with Crippen LogP contribution in [0.1, 0.15) is 0 Å². The molecular weight excluding hydrogens is 226 g/mol. The van der Waals surface area contributed by atoms with Gasteiger partial charge in [0, 0.05) is 39.4 Å². The Morgan fingerprint density at radius 2 is 2.00 bits per heavy atom. The van der Waals surface area contributed by atoms with E-state index in [4.69, 9.17) is 0 Å². The van der Waals surface area contributed by atoms with Crippen molar-refractivity contribution in [3.8, 4) is 0 Å². The highest BCUT2D eigenvalue weighted by atomic mass is 15.2. The number of nitrogens with one attached hydrogen (secondary N) is 1. The molecule has 2 saturated heterocycles. The Hall–Kier alpha value is -1.62. The molecule has 0 bridgehead atoms. The van der Waals surface area contributed by atoms with Gasteiger partial charge in [-0.25, -0.2) is 9.97 Å². The first-order valence-electron chi connectivity index (χ1n) is 6.54. The molecule has 0 aliphatic carbocycles. The van der Waals surface area contributed by atoms with E-state index in [9.17, 15) is 0 Å². The van der Waals surface area contributed by atoms with Crippen LogP contribution < -0.4 is 10.2 Å². The molecule has 2 unspecified atom stereocenters. The van der Waals surface area contributed by atoms with Gasteiger partial charge in [-0.2, -0.15) is 0 Å². The summed E-state index contributed by atoms with van der Waals surface area (Å²) >= 11 is 0. The van der Waals surface area contributed by atoms with Gasteiger partial charge in [-0.3, -0.25) is 0 Å². The maximum atomic E-state index is 4.56. The lowest BCUT2D eigenvalue weighted by atomic mass is 10.0. The lowest BCUT2D eigenvalue weighted by Crippen LogP contribution is -2.26. The number of pyridine rings is 1. The molecule has 5 nitrogen and oxygen atoms in total. The quantitative estimate of drug-likeness (QED) is 0.798. The van der Waals surface area contributed by atoms with Crippen LogP contribution in [0.15, 0.2) is 18.6 Å². The molecule has 2 aliphatic rings. The third kappa shape index (κ3) is 1.37. The summed E-state index contributed by atoms with van der Waals surface area (Å²) < 4.78 is 2.05. The number of hydrogen-bond donors (Lipinski definition) is 1. The zero-order valence-corrected chi connectivity index (χ0v) is 10.5. The summed E-state index contributed by atoms with van der Waals surface area (Å²) in [6, 6.07) is 2.03. The van der Waals surface area contributed by atoms with Crippen LogP contribution >= 0.6 is 0 Å². The fourth-order valence-corrected chi connectivity index (χ4v) is 3.31. The van der Waals surface area contributed by atoms with Crippen LogP contribution in [0.4, 0.5) is 5.82 Å². The molecule has 0 radical (unpaired) electrons. The molecule has 1 N–H and O–H groups in total. The van der Waals surface area contributed by atoms with E-state index >= 15 is 0 Å². The first-order chi connectivity index (χ1) is 8.83. The molecular formula is C13H17N5. The summed E-state index contributed by atoms with van der Waals surface area (Å²) in [5.74, 6) is 2.62. The SMILES string of the molecule is Cn1cnc2c(N3CC4CNCC4C3)nccc21. The van der Waals surface area contributed by atoms with Crippen molar-refractivity contribution >= 4 is 16.9 Å². The molecule has 0 spiro atoms. The number of imidazole rings is 1. The maximum absolute atomic E-state index is 4.56. The Morgan fingerprint density at radius 1 is 1.22 bits per heavy atom. The van der Waals surface area contributed by atoms with Crippen molar-refractivity contribution in [2.24, 2.45) is 18.9 Å². The van der Waals surface area contributed by atoms with Gasteiger partial charge in [0.1, 0.15) is 5.52 Å². The zero-order chi connectivity index (χ0) is 12.1. The average Bonchev–Trinajstić information content (AvgIpc) is 3.03. The van der Waals surface area contributed by atoms with E-state index < -0.39 is 0 Å². The van der Waals surface area contributed by atoms with E-state index in [1.807, 2.05) is 25.6 Å². The number of anilines is 1. The summed E-state index contributed by atoms with van der Waals surface area (Å²) in [7, 11) is 2.03. The van der Waals surface area contributed by atoms with Crippen molar-refractivity contribution in [2.75, 3.05) is 31.1 Å². The Morgan fingerprint density at radius 3 is 2.78 bits per heavy atom. The predicted molar refractivity (Wildman–Crippen MR) is 70.6 cm³/mol. The zero-order valence-electron chi connectivity index (χ0n) is 10.5. The third-order valence-electron chi connectivity index (χ3n) is 4.31. The van der Waals surface area contributed by atoms with Crippen LogP contribution in [0.5, 0.6) is 0 Å². The summed E-state index contributed by atoms with van der Waals surface area (Å²) in [5.41, 5.74) is 2.20. The molecule has 4 heterocycles. The predicted octanol–water partition coefficient (Wildman–Crippen LogP) is 0.624. The largest absolute Gasteiger partial charge is 0.354 e. The van der Waals surface area contributed by atoms with Crippen molar-refractivity contribution in [1.29, 1.82) is 0 Å². The van der Waals surface area contributed by atoms with Crippen LogP contribution in [-0.2, 0) is 7.05 Å². The summed E-state index contributed by atoms with van der Waals surface area (Å²) in [6.45, 7) is 4.53. The third-order valence-corrected chi connectivity index (χ3v) is 4.31. The smallest absolute Gasteiger partial charge is 0.156 e. The number of aromatic nitrogens is 3. The van der Waals surface area contributed by atoms with Gasteiger partial charge in [-0.15, -0.1) is 0 Å². The Bertz CT molecular complexity index is 578. The molecule has 2 aliphatic heterocycles. The van der Waals surface area contributed by atoms with Crippen molar-refractivity contribution in [2.45, 2.75) is 0 Å². The van der Waals surface area contributed by atoms with Crippen LogP contribution in [-0.4, -0.2) is 40.7 Å². The fraction of sp³-hybridized carbons (Fsp3) is 0.538. The van der Waals surface area contributed by atoms with Gasteiger partial charge < -0.3 is 14.8 Å². The maximum Gasteiger partial charge on any atom is 0.156 e. The van der Waals surface area contributed by atoms with Gasteiger partial charge in [-0.1, -0.05) is 0 Å². The lowest BCUT2D eigenvalue weighted by molar-refractivity contribution is 0.533. The van der Waals surface area contributed by atoms with E-state index in [1.54, 1.807) is 0 Å². The highest BCUT2D eigenvalue weighted by Gasteiger charge is 2.37. The van der Waals surface area contributed by atoms with Crippen molar-refractivity contribution in [1.82, 2.24) is 19.9 Å². The van der Waals surface area contributed by atoms with Crippen LogP contribution in [0.3, 0.4) is 0 Å². The minimum Gasteiger partial charge on any atom is -0.354 e. The average molecular weight is 243 g/mol. The number of fused-ring (bicyclic) bond motifs is 2. The Balaban J connectivity index is 1.75. The van der Waals surface area contributed by atoms with E-state index in [2.05, 4.69) is 24.8 Å². The van der Waals surface area contributed by atoms with E-state index in [0.29, 0.717) is 0 Å². The molecule has 5 heteroatoms. The highest BCUT2D eigenvalue weighted by Crippen LogP contribution is 2.32. The number of aryl methyl sites for hydroxylation is 1. The molecule has 0 amide bonds. The van der Waals surface area contributed by atoms with Crippen LogP contribution in [0, 0.1) is 11.8 Å². The first kappa shape index (κ1) is 10.3. The van der Waals surface area contributed by atoms with Gasteiger partial charge >= 0.3 is 0 Å². The first-order valence-corrected chi connectivity index (χ1v) is 6.54. The fourth-order valence-electron chi connectivity index (χ4n) is 3.31.